The Hall–Kier alpha value is -0.780. The highest BCUT2D eigenvalue weighted by atomic mass is 14.4. The van der Waals surface area contributed by atoms with E-state index in [-0.39, 0.29) is 0 Å². The molecule has 1 aromatic rings. The first-order valence-corrected chi connectivity index (χ1v) is 6.58. The summed E-state index contributed by atoms with van der Waals surface area (Å²) >= 11 is 0. The molecule has 0 radical (unpaired) electrons. The van der Waals surface area contributed by atoms with E-state index in [0.717, 1.165) is 5.92 Å². The Balaban J connectivity index is 2.43. The third-order valence-corrected chi connectivity index (χ3v) is 4.60. The minimum atomic E-state index is 0.408. The summed E-state index contributed by atoms with van der Waals surface area (Å²) in [5, 5.41) is 0. The van der Waals surface area contributed by atoms with Crippen molar-refractivity contribution in [3.8, 4) is 0 Å². The van der Waals surface area contributed by atoms with Gasteiger partial charge >= 0.3 is 0 Å². The fraction of sp³-hybridized carbons (Fsp3) is 0.625. The van der Waals surface area contributed by atoms with Crippen LogP contribution in [0.1, 0.15) is 63.6 Å². The van der Waals surface area contributed by atoms with Crippen molar-refractivity contribution in [2.45, 2.75) is 58.8 Å². The summed E-state index contributed by atoms with van der Waals surface area (Å²) in [6.45, 7) is 11.7. The smallest absolute Gasteiger partial charge is 0.00464 e. The molecule has 0 bridgehead atoms. The number of fused-ring (bicyclic) bond motifs is 1. The van der Waals surface area contributed by atoms with E-state index in [2.05, 4.69) is 52.8 Å². The van der Waals surface area contributed by atoms with E-state index in [1.807, 2.05) is 0 Å². The van der Waals surface area contributed by atoms with Gasteiger partial charge in [-0.25, -0.2) is 0 Å². The van der Waals surface area contributed by atoms with Crippen LogP contribution in [0.15, 0.2) is 18.2 Å². The average Bonchev–Trinajstić information content (AvgIpc) is 2.57. The molecule has 2 rings (SSSR count). The van der Waals surface area contributed by atoms with Gasteiger partial charge in [0.25, 0.3) is 0 Å². The fourth-order valence-electron chi connectivity index (χ4n) is 2.87. The van der Waals surface area contributed by atoms with Gasteiger partial charge in [-0.2, -0.15) is 0 Å². The summed E-state index contributed by atoms with van der Waals surface area (Å²) in [7, 11) is 0. The summed E-state index contributed by atoms with van der Waals surface area (Å²) < 4.78 is 0. The Morgan fingerprint density at radius 3 is 2.38 bits per heavy atom. The quantitative estimate of drug-likeness (QED) is 0.674. The predicted molar refractivity (Wildman–Crippen MR) is 71.0 cm³/mol. The predicted octanol–water partition coefficient (Wildman–Crippen LogP) is 4.67. The van der Waals surface area contributed by atoms with Crippen LogP contribution in [0.3, 0.4) is 0 Å². The Kier molecular flexibility index (Phi) is 2.86. The van der Waals surface area contributed by atoms with Gasteiger partial charge in [0.2, 0.25) is 0 Å². The van der Waals surface area contributed by atoms with Crippen LogP contribution < -0.4 is 0 Å². The number of aryl methyl sites for hydroxylation is 1. The Morgan fingerprint density at radius 2 is 1.81 bits per heavy atom. The summed E-state index contributed by atoms with van der Waals surface area (Å²) in [6, 6.07) is 7.15. The minimum Gasteiger partial charge on any atom is -0.0619 e. The zero-order valence-corrected chi connectivity index (χ0v) is 11.3. The lowest BCUT2D eigenvalue weighted by Crippen LogP contribution is -2.25. The molecule has 0 saturated heterocycles. The van der Waals surface area contributed by atoms with Gasteiger partial charge in [0.15, 0.2) is 0 Å². The lowest BCUT2D eigenvalue weighted by atomic mass is 9.74. The van der Waals surface area contributed by atoms with Gasteiger partial charge < -0.3 is 0 Å². The molecule has 0 spiro atoms. The van der Waals surface area contributed by atoms with Crippen LogP contribution in [0, 0.1) is 5.92 Å². The Morgan fingerprint density at radius 1 is 1.12 bits per heavy atom. The first kappa shape index (κ1) is 11.7. The maximum Gasteiger partial charge on any atom is -0.00464 e. The van der Waals surface area contributed by atoms with Crippen molar-refractivity contribution in [2.75, 3.05) is 0 Å². The van der Waals surface area contributed by atoms with Crippen molar-refractivity contribution < 1.29 is 0 Å². The molecular weight excluding hydrogens is 192 g/mol. The number of rotatable bonds is 2. The lowest BCUT2D eigenvalue weighted by Gasteiger charge is -2.30. The van der Waals surface area contributed by atoms with Crippen molar-refractivity contribution in [1.82, 2.24) is 0 Å². The topological polar surface area (TPSA) is 0 Å². The largest absolute Gasteiger partial charge is 0.0619 e. The van der Waals surface area contributed by atoms with Crippen molar-refractivity contribution in [3.63, 3.8) is 0 Å². The highest BCUT2D eigenvalue weighted by molar-refractivity contribution is 5.42. The first-order chi connectivity index (χ1) is 7.45. The van der Waals surface area contributed by atoms with Crippen LogP contribution >= 0.6 is 0 Å². The molecule has 0 saturated carbocycles. The zero-order chi connectivity index (χ0) is 11.9. The lowest BCUT2D eigenvalue weighted by molar-refractivity contribution is 0.337. The monoisotopic (exact) mass is 216 g/mol. The van der Waals surface area contributed by atoms with Gasteiger partial charge in [-0.15, -0.1) is 0 Å². The second kappa shape index (κ2) is 3.91. The third-order valence-electron chi connectivity index (χ3n) is 4.60. The van der Waals surface area contributed by atoms with Crippen LogP contribution in [0.4, 0.5) is 0 Å². The standard InChI is InChI=1S/C16H24/c1-11(2)13-6-7-15-14(10-13)8-9-16(15,5)12(3)4/h6-7,10-12H,8-9H2,1-5H3. The van der Waals surface area contributed by atoms with Crippen LogP contribution in [0.25, 0.3) is 0 Å². The molecule has 1 aliphatic carbocycles. The summed E-state index contributed by atoms with van der Waals surface area (Å²) in [6.07, 6.45) is 2.59. The highest BCUT2D eigenvalue weighted by Gasteiger charge is 2.36. The Bertz CT molecular complexity index is 387. The number of benzene rings is 1. The molecule has 1 atom stereocenters. The van der Waals surface area contributed by atoms with Crippen LogP contribution in [-0.2, 0) is 11.8 Å². The molecular formula is C16H24. The molecule has 0 heterocycles. The van der Waals surface area contributed by atoms with E-state index in [1.54, 1.807) is 11.1 Å². The van der Waals surface area contributed by atoms with Gasteiger partial charge in [0, 0.05) is 0 Å². The molecule has 0 aliphatic heterocycles. The second-order valence-electron chi connectivity index (χ2n) is 6.14. The SMILES string of the molecule is CC(C)c1ccc2c(c1)CCC2(C)C(C)C. The summed E-state index contributed by atoms with van der Waals surface area (Å²) in [5.74, 6) is 1.38. The van der Waals surface area contributed by atoms with Gasteiger partial charge in [0.05, 0.1) is 0 Å². The molecule has 0 nitrogen and oxygen atoms in total. The summed E-state index contributed by atoms with van der Waals surface area (Å²) in [5.41, 5.74) is 5.10. The van der Waals surface area contributed by atoms with E-state index >= 15 is 0 Å². The van der Waals surface area contributed by atoms with E-state index in [1.165, 1.54) is 18.4 Å². The maximum absolute atomic E-state index is 2.44. The zero-order valence-electron chi connectivity index (χ0n) is 11.3. The molecule has 16 heavy (non-hydrogen) atoms. The van der Waals surface area contributed by atoms with Crippen molar-refractivity contribution in [1.29, 1.82) is 0 Å². The molecule has 88 valence electrons. The van der Waals surface area contributed by atoms with Crippen molar-refractivity contribution in [3.05, 3.63) is 34.9 Å². The Labute approximate surface area is 100 Å². The summed E-state index contributed by atoms with van der Waals surface area (Å²) in [4.78, 5) is 0. The molecule has 1 aromatic carbocycles. The van der Waals surface area contributed by atoms with Gasteiger partial charge in [-0.1, -0.05) is 52.8 Å². The number of hydrogen-bond acceptors (Lipinski definition) is 0. The van der Waals surface area contributed by atoms with Crippen LogP contribution in [0.5, 0.6) is 0 Å². The van der Waals surface area contributed by atoms with Crippen LogP contribution in [-0.4, -0.2) is 0 Å². The fourth-order valence-corrected chi connectivity index (χ4v) is 2.87. The molecule has 0 aromatic heterocycles. The maximum atomic E-state index is 2.44. The molecule has 0 N–H and O–H groups in total. The third kappa shape index (κ3) is 1.69. The second-order valence-corrected chi connectivity index (χ2v) is 6.14. The van der Waals surface area contributed by atoms with E-state index in [4.69, 9.17) is 0 Å². The van der Waals surface area contributed by atoms with E-state index in [0.29, 0.717) is 11.3 Å². The first-order valence-electron chi connectivity index (χ1n) is 6.58. The average molecular weight is 216 g/mol. The van der Waals surface area contributed by atoms with Crippen molar-refractivity contribution in [2.24, 2.45) is 5.92 Å². The molecule has 1 aliphatic rings. The number of hydrogen-bond donors (Lipinski definition) is 0. The molecule has 0 heteroatoms. The molecule has 0 fully saturated rings. The van der Waals surface area contributed by atoms with Crippen molar-refractivity contribution >= 4 is 0 Å². The minimum absolute atomic E-state index is 0.408. The normalized spacial score (nSPS) is 24.2. The van der Waals surface area contributed by atoms with Gasteiger partial charge in [-0.3, -0.25) is 0 Å². The van der Waals surface area contributed by atoms with Gasteiger partial charge in [0.1, 0.15) is 0 Å². The molecule has 0 amide bonds. The molecule has 1 unspecified atom stereocenters. The van der Waals surface area contributed by atoms with E-state index < -0.39 is 0 Å². The van der Waals surface area contributed by atoms with E-state index in [9.17, 15) is 0 Å². The highest BCUT2D eigenvalue weighted by Crippen LogP contribution is 2.44. The van der Waals surface area contributed by atoms with Gasteiger partial charge in [-0.05, 0) is 46.8 Å². The van der Waals surface area contributed by atoms with Crippen LogP contribution in [0.2, 0.25) is 0 Å².